The highest BCUT2D eigenvalue weighted by Crippen LogP contribution is 2.30. The lowest BCUT2D eigenvalue weighted by Crippen LogP contribution is -2.45. The molecule has 4 atom stereocenters. The second-order valence-electron chi connectivity index (χ2n) is 9.36. The Labute approximate surface area is 228 Å². The Kier molecular flexibility index (Phi) is 8.97. The summed E-state index contributed by atoms with van der Waals surface area (Å²) in [6, 6.07) is 6.39. The highest BCUT2D eigenvalue weighted by Gasteiger charge is 2.38. The number of methoxy groups -OCH3 is 1. The van der Waals surface area contributed by atoms with Gasteiger partial charge in [-0.05, 0) is 49.9 Å². The number of ether oxygens (including phenoxy) is 3. The highest BCUT2D eigenvalue weighted by molar-refractivity contribution is 5.98. The van der Waals surface area contributed by atoms with Gasteiger partial charge in [0.15, 0.2) is 17.2 Å². The van der Waals surface area contributed by atoms with Crippen LogP contribution in [0.2, 0.25) is 0 Å². The molecule has 4 rings (SSSR count). The van der Waals surface area contributed by atoms with Crippen molar-refractivity contribution in [2.45, 2.75) is 50.9 Å². The van der Waals surface area contributed by atoms with Crippen molar-refractivity contribution < 1.29 is 46.9 Å². The predicted octanol–water partition coefficient (Wildman–Crippen LogP) is 3.97. The van der Waals surface area contributed by atoms with Crippen molar-refractivity contribution in [3.63, 3.8) is 0 Å². The number of halogens is 2. The molecule has 2 N–H and O–H groups in total. The topological polar surface area (TPSA) is 137 Å². The lowest BCUT2D eigenvalue weighted by atomic mass is 9.86. The number of aromatic nitrogens is 1. The smallest absolute Gasteiger partial charge is 0.374 e. The molecule has 3 heterocycles. The summed E-state index contributed by atoms with van der Waals surface area (Å²) in [5, 5.41) is 12.8. The van der Waals surface area contributed by atoms with Crippen LogP contribution in [-0.4, -0.2) is 53.3 Å². The molecule has 0 radical (unpaired) electrons. The monoisotopic (exact) mass is 558 g/mol. The summed E-state index contributed by atoms with van der Waals surface area (Å²) in [4.78, 5) is 42.6. The zero-order chi connectivity index (χ0) is 28.8. The van der Waals surface area contributed by atoms with E-state index in [-0.39, 0.29) is 35.6 Å². The molecule has 3 aromatic rings. The molecule has 12 heteroatoms. The number of furan rings is 1. The number of nitrogens with one attached hydrogen (secondary N) is 1. The van der Waals surface area contributed by atoms with Crippen molar-refractivity contribution in [2.24, 2.45) is 5.92 Å². The summed E-state index contributed by atoms with van der Waals surface area (Å²) in [5.74, 6) is -4.97. The van der Waals surface area contributed by atoms with Crippen LogP contribution >= 0.6 is 0 Å². The van der Waals surface area contributed by atoms with E-state index >= 15 is 0 Å². The molecule has 10 nitrogen and oxygen atoms in total. The molecule has 0 unspecified atom stereocenters. The van der Waals surface area contributed by atoms with Crippen molar-refractivity contribution in [1.82, 2.24) is 10.3 Å². The van der Waals surface area contributed by atoms with Gasteiger partial charge in [-0.15, -0.1) is 0 Å². The third-order valence-electron chi connectivity index (χ3n) is 6.67. The van der Waals surface area contributed by atoms with Crippen LogP contribution in [0.5, 0.6) is 11.5 Å². The number of amides is 1. The average molecular weight is 559 g/mol. The van der Waals surface area contributed by atoms with Crippen molar-refractivity contribution in [3.05, 3.63) is 77.5 Å². The first-order valence-electron chi connectivity index (χ1n) is 12.6. The second-order valence-corrected chi connectivity index (χ2v) is 9.36. The van der Waals surface area contributed by atoms with Gasteiger partial charge in [0, 0.05) is 24.2 Å². The Morgan fingerprint density at radius 1 is 1.20 bits per heavy atom. The van der Waals surface area contributed by atoms with Gasteiger partial charge < -0.3 is 29.1 Å². The predicted molar refractivity (Wildman–Crippen MR) is 135 cm³/mol. The molecule has 212 valence electrons. The molecule has 1 amide bonds. The first-order chi connectivity index (χ1) is 19.2. The van der Waals surface area contributed by atoms with Crippen LogP contribution in [-0.2, 0) is 20.7 Å². The van der Waals surface area contributed by atoms with E-state index in [4.69, 9.17) is 18.6 Å². The van der Waals surface area contributed by atoms with Gasteiger partial charge >= 0.3 is 11.9 Å². The molecule has 1 aliphatic rings. The van der Waals surface area contributed by atoms with E-state index in [2.05, 4.69) is 10.3 Å². The molecule has 0 bridgehead atoms. The minimum Gasteiger partial charge on any atom is -0.503 e. The number of pyridine rings is 1. The largest absolute Gasteiger partial charge is 0.503 e. The van der Waals surface area contributed by atoms with E-state index in [1.165, 1.54) is 50.8 Å². The Hall–Kier alpha value is -4.48. The highest BCUT2D eigenvalue weighted by atomic mass is 19.1. The van der Waals surface area contributed by atoms with E-state index in [0.717, 1.165) is 12.1 Å². The van der Waals surface area contributed by atoms with Crippen LogP contribution in [0, 0.1) is 17.6 Å². The van der Waals surface area contributed by atoms with Crippen LogP contribution < -0.4 is 10.1 Å². The molecule has 0 aliphatic carbocycles. The van der Waals surface area contributed by atoms with Crippen molar-refractivity contribution in [2.75, 3.05) is 7.11 Å². The summed E-state index contributed by atoms with van der Waals surface area (Å²) in [6.45, 7) is 1.52. The maximum Gasteiger partial charge on any atom is 0.374 e. The van der Waals surface area contributed by atoms with Crippen LogP contribution in [0.4, 0.5) is 8.78 Å². The number of rotatable bonds is 7. The minimum atomic E-state index is -1.12. The number of benzene rings is 1. The van der Waals surface area contributed by atoms with Gasteiger partial charge in [-0.3, -0.25) is 4.79 Å². The normalized spacial score (nSPS) is 21.4. The fourth-order valence-electron chi connectivity index (χ4n) is 4.66. The average Bonchev–Trinajstić information content (AvgIpc) is 3.47. The number of esters is 2. The van der Waals surface area contributed by atoms with Crippen LogP contribution in [0.25, 0.3) is 0 Å². The van der Waals surface area contributed by atoms with Crippen molar-refractivity contribution in [1.29, 1.82) is 0 Å². The van der Waals surface area contributed by atoms with Gasteiger partial charge in [0.25, 0.3) is 5.91 Å². The summed E-state index contributed by atoms with van der Waals surface area (Å²) in [6.07, 6.45) is 1.40. The van der Waals surface area contributed by atoms with Crippen molar-refractivity contribution >= 4 is 17.8 Å². The summed E-state index contributed by atoms with van der Waals surface area (Å²) >= 11 is 0. The summed E-state index contributed by atoms with van der Waals surface area (Å²) in [5.41, 5.74) is -0.136. The lowest BCUT2D eigenvalue weighted by Gasteiger charge is -2.30. The number of carbonyl (C=O) groups is 3. The van der Waals surface area contributed by atoms with Crippen LogP contribution in [0.3, 0.4) is 0 Å². The fourth-order valence-corrected chi connectivity index (χ4v) is 4.66. The first-order valence-corrected chi connectivity index (χ1v) is 12.6. The zero-order valence-corrected chi connectivity index (χ0v) is 21.8. The minimum absolute atomic E-state index is 0.0305. The quantitative estimate of drug-likeness (QED) is 0.413. The third-order valence-corrected chi connectivity index (χ3v) is 6.67. The Balaban J connectivity index is 1.57. The Morgan fingerprint density at radius 2 is 2.00 bits per heavy atom. The van der Waals surface area contributed by atoms with Gasteiger partial charge in [0.1, 0.15) is 29.9 Å². The second kappa shape index (κ2) is 12.6. The number of aromatic hydroxyl groups is 1. The third kappa shape index (κ3) is 6.56. The van der Waals surface area contributed by atoms with Gasteiger partial charge in [-0.1, -0.05) is 12.5 Å². The van der Waals surface area contributed by atoms with E-state index in [0.29, 0.717) is 12.8 Å². The molecule has 1 saturated heterocycles. The molecule has 1 aliphatic heterocycles. The fraction of sp³-hybridized carbons (Fsp3) is 0.357. The number of nitrogens with zero attached hydrogens (tertiary/aromatic N) is 1. The maximum absolute atomic E-state index is 14.6. The molecular formula is C28H28F2N2O8. The van der Waals surface area contributed by atoms with Gasteiger partial charge in [0.2, 0.25) is 5.76 Å². The first kappa shape index (κ1) is 28.5. The Morgan fingerprint density at radius 3 is 2.70 bits per heavy atom. The lowest BCUT2D eigenvalue weighted by molar-refractivity contribution is -0.157. The van der Waals surface area contributed by atoms with Crippen LogP contribution in [0.15, 0.2) is 53.3 Å². The Bertz CT molecular complexity index is 1360. The molecule has 1 fully saturated rings. The van der Waals surface area contributed by atoms with Gasteiger partial charge in [0.05, 0.1) is 13.4 Å². The van der Waals surface area contributed by atoms with Crippen molar-refractivity contribution in [3.8, 4) is 11.5 Å². The molecular weight excluding hydrogens is 530 g/mol. The summed E-state index contributed by atoms with van der Waals surface area (Å²) < 4.78 is 49.5. The number of hydrogen-bond donors (Lipinski definition) is 2. The molecule has 1 aromatic carbocycles. The molecule has 2 aromatic heterocycles. The number of hydrogen-bond acceptors (Lipinski definition) is 9. The SMILES string of the molecule is COc1ccnc(C(=O)N[C@H]2CCC[C@H](Cc3ccc(F)cc3F)[C@@H](OC(=O)c3ccco3)[C@H](C)OC2=O)c1O. The number of cyclic esters (lactones) is 1. The van der Waals surface area contributed by atoms with E-state index in [1.54, 1.807) is 0 Å². The standard InChI is InChI=1S/C28H28F2N2O8/c1-15-25(40-28(36)22-7-4-12-38-22)17(13-16-8-9-18(29)14-19(16)30)5-3-6-20(27(35)39-15)32-26(34)23-24(33)21(37-2)10-11-31-23/h4,7-12,14-15,17,20,25,33H,3,5-6,13H2,1-2H3,(H,32,34)/t15-,17+,20-,25-/m0/s1. The van der Waals surface area contributed by atoms with Crippen LogP contribution in [0.1, 0.15) is 52.8 Å². The van der Waals surface area contributed by atoms with E-state index < -0.39 is 59.4 Å². The van der Waals surface area contributed by atoms with E-state index in [1.807, 2.05) is 0 Å². The summed E-state index contributed by atoms with van der Waals surface area (Å²) in [7, 11) is 1.32. The van der Waals surface area contributed by atoms with Gasteiger partial charge in [-0.25, -0.2) is 23.4 Å². The molecule has 0 saturated carbocycles. The number of carbonyl (C=O) groups excluding carboxylic acids is 3. The molecule has 40 heavy (non-hydrogen) atoms. The molecule has 0 spiro atoms. The van der Waals surface area contributed by atoms with Gasteiger partial charge in [-0.2, -0.15) is 0 Å². The maximum atomic E-state index is 14.6. The zero-order valence-electron chi connectivity index (χ0n) is 21.8. The van der Waals surface area contributed by atoms with E-state index in [9.17, 15) is 28.3 Å².